The highest BCUT2D eigenvalue weighted by Crippen LogP contribution is 2.44. The Balaban J connectivity index is 1.70. The van der Waals surface area contributed by atoms with Crippen LogP contribution in [0.3, 0.4) is 0 Å². The first kappa shape index (κ1) is 18.7. The average molecular weight is 410 g/mol. The summed E-state index contributed by atoms with van der Waals surface area (Å²) in [6, 6.07) is 3.32. The molecule has 1 N–H and O–H groups in total. The van der Waals surface area contributed by atoms with E-state index in [1.165, 1.54) is 4.68 Å². The van der Waals surface area contributed by atoms with Crippen LogP contribution < -0.4 is 0 Å². The van der Waals surface area contributed by atoms with E-state index < -0.39 is 0 Å². The number of aromatic nitrogens is 2. The maximum atomic E-state index is 13.2. The van der Waals surface area contributed by atoms with E-state index in [4.69, 9.17) is 27.9 Å². The van der Waals surface area contributed by atoms with Crippen molar-refractivity contribution in [3.63, 3.8) is 0 Å². The van der Waals surface area contributed by atoms with Crippen LogP contribution in [0.25, 0.3) is 0 Å². The Kier molecular flexibility index (Phi) is 5.16. The van der Waals surface area contributed by atoms with Gasteiger partial charge in [0, 0.05) is 48.7 Å². The number of ether oxygens (including phenoxy) is 1. The molecule has 1 saturated heterocycles. The number of halogens is 2. The number of hydrogen-bond acceptors (Lipinski definition) is 5. The zero-order chi connectivity index (χ0) is 19.1. The van der Waals surface area contributed by atoms with Gasteiger partial charge in [0.25, 0.3) is 0 Å². The molecule has 0 bridgehead atoms. The van der Waals surface area contributed by atoms with Gasteiger partial charge in [-0.2, -0.15) is 5.10 Å². The SMILES string of the molecule is Cn1nc(C2CC2)c(C(=O)c2ccc(Cl)c(CN3CCOCC3)c2Cl)c1O. The fraction of sp³-hybridized carbons (Fsp3) is 0.474. The van der Waals surface area contributed by atoms with Crippen LogP contribution in [0.1, 0.15) is 45.9 Å². The van der Waals surface area contributed by atoms with Gasteiger partial charge in [-0.1, -0.05) is 23.2 Å². The van der Waals surface area contributed by atoms with Crippen molar-refractivity contribution in [3.8, 4) is 5.88 Å². The van der Waals surface area contributed by atoms with Crippen LogP contribution in [0.5, 0.6) is 5.88 Å². The van der Waals surface area contributed by atoms with Gasteiger partial charge in [-0.15, -0.1) is 0 Å². The smallest absolute Gasteiger partial charge is 0.220 e. The van der Waals surface area contributed by atoms with Crippen molar-refractivity contribution in [1.82, 2.24) is 14.7 Å². The molecule has 2 aliphatic rings. The van der Waals surface area contributed by atoms with E-state index in [1.54, 1.807) is 19.2 Å². The number of morpholine rings is 1. The quantitative estimate of drug-likeness (QED) is 0.766. The average Bonchev–Trinajstić information content (AvgIpc) is 3.46. The summed E-state index contributed by atoms with van der Waals surface area (Å²) in [7, 11) is 1.63. The predicted molar refractivity (Wildman–Crippen MR) is 103 cm³/mol. The van der Waals surface area contributed by atoms with Gasteiger partial charge in [0.15, 0.2) is 0 Å². The first-order valence-electron chi connectivity index (χ1n) is 9.05. The van der Waals surface area contributed by atoms with Gasteiger partial charge in [-0.25, -0.2) is 4.68 Å². The fourth-order valence-corrected chi connectivity index (χ4v) is 4.01. The van der Waals surface area contributed by atoms with Crippen molar-refractivity contribution >= 4 is 29.0 Å². The Hall–Kier alpha value is -1.60. The van der Waals surface area contributed by atoms with Crippen molar-refractivity contribution < 1.29 is 14.6 Å². The second kappa shape index (κ2) is 7.43. The number of hydrogen-bond donors (Lipinski definition) is 1. The van der Waals surface area contributed by atoms with E-state index in [1.807, 2.05) is 0 Å². The lowest BCUT2D eigenvalue weighted by Crippen LogP contribution is -2.35. The second-order valence-electron chi connectivity index (χ2n) is 7.09. The van der Waals surface area contributed by atoms with E-state index in [0.29, 0.717) is 41.1 Å². The molecule has 0 unspecified atom stereocenters. The topological polar surface area (TPSA) is 67.6 Å². The minimum absolute atomic E-state index is 0.123. The van der Waals surface area contributed by atoms with Gasteiger partial charge >= 0.3 is 0 Å². The minimum atomic E-state index is -0.313. The summed E-state index contributed by atoms with van der Waals surface area (Å²) >= 11 is 13.0. The first-order valence-corrected chi connectivity index (χ1v) is 9.80. The maximum absolute atomic E-state index is 13.2. The molecule has 2 aromatic rings. The number of ketones is 1. The largest absolute Gasteiger partial charge is 0.493 e. The number of carbonyl (C=O) groups excluding carboxylic acids is 1. The molecule has 1 aliphatic heterocycles. The van der Waals surface area contributed by atoms with Crippen molar-refractivity contribution in [1.29, 1.82) is 0 Å². The molecule has 27 heavy (non-hydrogen) atoms. The molecule has 1 saturated carbocycles. The van der Waals surface area contributed by atoms with Crippen LogP contribution in [0.4, 0.5) is 0 Å². The van der Waals surface area contributed by atoms with Gasteiger partial charge < -0.3 is 9.84 Å². The van der Waals surface area contributed by atoms with Crippen LogP contribution in [0, 0.1) is 0 Å². The van der Waals surface area contributed by atoms with E-state index in [9.17, 15) is 9.90 Å². The van der Waals surface area contributed by atoms with Gasteiger partial charge in [0.1, 0.15) is 5.56 Å². The van der Waals surface area contributed by atoms with E-state index in [2.05, 4.69) is 10.00 Å². The normalized spacial score (nSPS) is 18.0. The van der Waals surface area contributed by atoms with Gasteiger partial charge in [0.05, 0.1) is 23.9 Å². The number of aryl methyl sites for hydroxylation is 1. The van der Waals surface area contributed by atoms with Crippen LogP contribution in [-0.2, 0) is 18.3 Å². The molecule has 0 amide bonds. The minimum Gasteiger partial charge on any atom is -0.493 e. The third kappa shape index (κ3) is 3.59. The highest BCUT2D eigenvalue weighted by molar-refractivity contribution is 6.39. The van der Waals surface area contributed by atoms with Gasteiger partial charge in [-0.05, 0) is 25.0 Å². The molecule has 2 heterocycles. The van der Waals surface area contributed by atoms with Crippen LogP contribution in [0.2, 0.25) is 10.0 Å². The maximum Gasteiger partial charge on any atom is 0.220 e. The number of aromatic hydroxyl groups is 1. The molecule has 4 rings (SSSR count). The first-order chi connectivity index (χ1) is 13.0. The standard InChI is InChI=1S/C19H21Cl2N3O3/c1-23-19(26)15(17(22-23)11-2-3-11)18(25)12-4-5-14(20)13(16(12)21)10-24-6-8-27-9-7-24/h4-5,11,26H,2-3,6-10H2,1H3. The molecule has 2 fully saturated rings. The highest BCUT2D eigenvalue weighted by atomic mass is 35.5. The van der Waals surface area contributed by atoms with Crippen molar-refractivity contribution in [2.45, 2.75) is 25.3 Å². The number of carbonyl (C=O) groups is 1. The van der Waals surface area contributed by atoms with Gasteiger partial charge in [-0.3, -0.25) is 9.69 Å². The van der Waals surface area contributed by atoms with Crippen molar-refractivity contribution in [2.75, 3.05) is 26.3 Å². The molecule has 0 radical (unpaired) electrons. The molecule has 1 aromatic carbocycles. The molecule has 8 heteroatoms. The third-order valence-electron chi connectivity index (χ3n) is 5.15. The lowest BCUT2D eigenvalue weighted by Gasteiger charge is -2.27. The van der Waals surface area contributed by atoms with Gasteiger partial charge in [0.2, 0.25) is 11.7 Å². The molecule has 1 aliphatic carbocycles. The Morgan fingerprint density at radius 1 is 1.30 bits per heavy atom. The van der Waals surface area contributed by atoms with Crippen molar-refractivity contribution in [2.24, 2.45) is 7.05 Å². The summed E-state index contributed by atoms with van der Waals surface area (Å²) in [6.45, 7) is 3.47. The van der Waals surface area contributed by atoms with E-state index in [0.717, 1.165) is 31.5 Å². The lowest BCUT2D eigenvalue weighted by atomic mass is 9.99. The Morgan fingerprint density at radius 3 is 2.67 bits per heavy atom. The van der Waals surface area contributed by atoms with Crippen LogP contribution >= 0.6 is 23.2 Å². The molecule has 6 nitrogen and oxygen atoms in total. The summed E-state index contributed by atoms with van der Waals surface area (Å²) in [5.41, 5.74) is 1.97. The zero-order valence-corrected chi connectivity index (χ0v) is 16.6. The van der Waals surface area contributed by atoms with E-state index in [-0.39, 0.29) is 23.1 Å². The Morgan fingerprint density at radius 2 is 2.00 bits per heavy atom. The Labute approximate surface area is 167 Å². The predicted octanol–water partition coefficient (Wildman–Crippen LogP) is 3.37. The molecule has 1 aromatic heterocycles. The Bertz CT molecular complexity index is 887. The summed E-state index contributed by atoms with van der Waals surface area (Å²) in [6.07, 6.45) is 1.96. The molecule has 0 spiro atoms. The van der Waals surface area contributed by atoms with Crippen LogP contribution in [0.15, 0.2) is 12.1 Å². The second-order valence-corrected chi connectivity index (χ2v) is 7.87. The van der Waals surface area contributed by atoms with Crippen LogP contribution in [-0.4, -0.2) is 51.9 Å². The summed E-state index contributed by atoms with van der Waals surface area (Å²) in [5, 5.41) is 15.6. The lowest BCUT2D eigenvalue weighted by molar-refractivity contribution is 0.0342. The van der Waals surface area contributed by atoms with Crippen molar-refractivity contribution in [3.05, 3.63) is 44.6 Å². The third-order valence-corrected chi connectivity index (χ3v) is 5.94. The molecule has 144 valence electrons. The summed E-state index contributed by atoms with van der Waals surface area (Å²) in [4.78, 5) is 15.4. The molecule has 0 atom stereocenters. The molecular weight excluding hydrogens is 389 g/mol. The number of benzene rings is 1. The summed E-state index contributed by atoms with van der Waals surface area (Å²) in [5.74, 6) is -0.204. The number of rotatable bonds is 5. The molecular formula is C19H21Cl2N3O3. The highest BCUT2D eigenvalue weighted by Gasteiger charge is 2.35. The fourth-order valence-electron chi connectivity index (χ4n) is 3.43. The monoisotopic (exact) mass is 409 g/mol. The summed E-state index contributed by atoms with van der Waals surface area (Å²) < 4.78 is 6.72. The zero-order valence-electron chi connectivity index (χ0n) is 15.0. The number of nitrogens with zero attached hydrogens (tertiary/aromatic N) is 3. The van der Waals surface area contributed by atoms with E-state index >= 15 is 0 Å².